The summed E-state index contributed by atoms with van der Waals surface area (Å²) >= 11 is 0. The Morgan fingerprint density at radius 1 is 1.14 bits per heavy atom. The Labute approximate surface area is 166 Å². The molecule has 0 fully saturated rings. The first-order valence-corrected chi connectivity index (χ1v) is 8.98. The number of esters is 1. The van der Waals surface area contributed by atoms with Crippen LogP contribution >= 0.6 is 0 Å². The number of aryl methyl sites for hydroxylation is 1. The van der Waals surface area contributed by atoms with Crippen LogP contribution in [0.2, 0.25) is 0 Å². The summed E-state index contributed by atoms with van der Waals surface area (Å²) in [6.07, 6.45) is 6.66. The van der Waals surface area contributed by atoms with E-state index in [1.54, 1.807) is 55.2 Å². The molecule has 0 saturated heterocycles. The second-order valence-corrected chi connectivity index (χ2v) is 6.18. The topological polar surface area (TPSA) is 94.6 Å². The molecule has 9 heteroatoms. The molecule has 3 aromatic heterocycles. The number of ether oxygens (including phenoxy) is 1. The van der Waals surface area contributed by atoms with Crippen molar-refractivity contribution in [3.8, 4) is 0 Å². The number of carbonyl (C=O) groups excluding carboxylic acids is 2. The largest absolute Gasteiger partial charge is 0.461 e. The maximum absolute atomic E-state index is 13.6. The Hall–Kier alpha value is -4.01. The van der Waals surface area contributed by atoms with Gasteiger partial charge in [-0.05, 0) is 25.1 Å². The summed E-state index contributed by atoms with van der Waals surface area (Å²) in [4.78, 5) is 36.0. The lowest BCUT2D eigenvalue weighted by molar-refractivity contribution is 0.0515. The Kier molecular flexibility index (Phi) is 4.78. The predicted octanol–water partition coefficient (Wildman–Crippen LogP) is 2.62. The third-order valence-electron chi connectivity index (χ3n) is 4.22. The number of anilines is 2. The summed E-state index contributed by atoms with van der Waals surface area (Å²) in [6, 6.07) is 10.8. The number of hydrogen-bond acceptors (Lipinski definition) is 6. The van der Waals surface area contributed by atoms with Crippen molar-refractivity contribution >= 4 is 29.2 Å². The number of para-hydroxylation sites is 1. The van der Waals surface area contributed by atoms with Gasteiger partial charge in [0.2, 0.25) is 5.78 Å². The summed E-state index contributed by atoms with van der Waals surface area (Å²) in [5.41, 5.74) is 0.682. The maximum Gasteiger partial charge on any atom is 0.359 e. The second-order valence-electron chi connectivity index (χ2n) is 6.18. The van der Waals surface area contributed by atoms with Gasteiger partial charge in [-0.15, -0.1) is 0 Å². The molecule has 0 spiro atoms. The van der Waals surface area contributed by atoms with E-state index in [1.807, 2.05) is 18.2 Å². The number of hydrogen-bond donors (Lipinski definition) is 0. The minimum atomic E-state index is -0.652. The molecular formula is C20H18N6O3. The fourth-order valence-electron chi connectivity index (χ4n) is 2.97. The van der Waals surface area contributed by atoms with Crippen LogP contribution in [-0.2, 0) is 11.8 Å². The SMILES string of the molecule is CCOC(=O)c1nn(C)cc1C(=O)N(c1ccccc1)c1ccn2ccnc2n1. The predicted molar refractivity (Wildman–Crippen MR) is 105 cm³/mol. The Balaban J connectivity index is 1.84. The number of fused-ring (bicyclic) bond motifs is 1. The van der Waals surface area contributed by atoms with Gasteiger partial charge in [0.25, 0.3) is 5.91 Å². The molecule has 0 N–H and O–H groups in total. The molecule has 29 heavy (non-hydrogen) atoms. The van der Waals surface area contributed by atoms with Gasteiger partial charge in [0, 0.05) is 31.8 Å². The molecule has 1 amide bonds. The lowest BCUT2D eigenvalue weighted by Gasteiger charge is -2.21. The minimum Gasteiger partial charge on any atom is -0.461 e. The highest BCUT2D eigenvalue weighted by Gasteiger charge is 2.29. The van der Waals surface area contributed by atoms with Crippen LogP contribution in [0.4, 0.5) is 11.5 Å². The number of amides is 1. The molecule has 9 nitrogen and oxygen atoms in total. The van der Waals surface area contributed by atoms with Crippen molar-refractivity contribution in [1.82, 2.24) is 24.1 Å². The van der Waals surface area contributed by atoms with Crippen molar-refractivity contribution in [2.24, 2.45) is 7.05 Å². The summed E-state index contributed by atoms with van der Waals surface area (Å²) < 4.78 is 8.21. The molecule has 0 bridgehead atoms. The molecule has 0 aliphatic rings. The molecule has 1 aromatic carbocycles. The van der Waals surface area contributed by atoms with Crippen molar-refractivity contribution in [2.45, 2.75) is 6.92 Å². The van der Waals surface area contributed by atoms with Gasteiger partial charge in [0.05, 0.1) is 17.9 Å². The first-order chi connectivity index (χ1) is 14.1. The molecule has 0 aliphatic heterocycles. The van der Waals surface area contributed by atoms with E-state index < -0.39 is 11.9 Å². The molecule has 0 unspecified atom stereocenters. The minimum absolute atomic E-state index is 0.0397. The highest BCUT2D eigenvalue weighted by molar-refractivity contribution is 6.14. The average molecular weight is 390 g/mol. The zero-order chi connectivity index (χ0) is 20.4. The maximum atomic E-state index is 13.6. The van der Waals surface area contributed by atoms with E-state index in [0.717, 1.165) is 0 Å². The zero-order valence-electron chi connectivity index (χ0n) is 15.9. The number of benzene rings is 1. The van der Waals surface area contributed by atoms with E-state index in [4.69, 9.17) is 4.74 Å². The van der Waals surface area contributed by atoms with Gasteiger partial charge in [-0.3, -0.25) is 18.8 Å². The summed E-state index contributed by atoms with van der Waals surface area (Å²) in [5.74, 6) is -0.275. The van der Waals surface area contributed by atoms with Gasteiger partial charge < -0.3 is 4.74 Å². The number of nitrogens with zero attached hydrogens (tertiary/aromatic N) is 6. The van der Waals surface area contributed by atoms with E-state index in [1.165, 1.54) is 15.8 Å². The Morgan fingerprint density at radius 2 is 1.93 bits per heavy atom. The van der Waals surface area contributed by atoms with E-state index in [-0.39, 0.29) is 17.9 Å². The number of rotatable bonds is 5. The van der Waals surface area contributed by atoms with Crippen molar-refractivity contribution in [3.63, 3.8) is 0 Å². The van der Waals surface area contributed by atoms with E-state index in [9.17, 15) is 9.59 Å². The van der Waals surface area contributed by atoms with Crippen LogP contribution in [0.5, 0.6) is 0 Å². The van der Waals surface area contributed by atoms with Crippen LogP contribution < -0.4 is 4.90 Å². The van der Waals surface area contributed by atoms with Crippen LogP contribution in [0.1, 0.15) is 27.8 Å². The van der Waals surface area contributed by atoms with Gasteiger partial charge >= 0.3 is 5.97 Å². The van der Waals surface area contributed by atoms with E-state index in [0.29, 0.717) is 17.3 Å². The molecule has 0 saturated carbocycles. The first kappa shape index (κ1) is 18.4. The van der Waals surface area contributed by atoms with Gasteiger partial charge in [-0.1, -0.05) is 18.2 Å². The van der Waals surface area contributed by atoms with Gasteiger partial charge in [-0.25, -0.2) is 9.78 Å². The van der Waals surface area contributed by atoms with E-state index >= 15 is 0 Å². The van der Waals surface area contributed by atoms with Crippen molar-refractivity contribution in [1.29, 1.82) is 0 Å². The third kappa shape index (κ3) is 3.45. The van der Waals surface area contributed by atoms with Crippen molar-refractivity contribution < 1.29 is 14.3 Å². The van der Waals surface area contributed by atoms with Gasteiger partial charge in [0.15, 0.2) is 5.69 Å². The monoisotopic (exact) mass is 390 g/mol. The van der Waals surface area contributed by atoms with Crippen molar-refractivity contribution in [2.75, 3.05) is 11.5 Å². The Bertz CT molecular complexity index is 1180. The highest BCUT2D eigenvalue weighted by atomic mass is 16.5. The fourth-order valence-corrected chi connectivity index (χ4v) is 2.97. The third-order valence-corrected chi connectivity index (χ3v) is 4.22. The average Bonchev–Trinajstić information content (AvgIpc) is 3.35. The number of imidazole rings is 1. The number of aromatic nitrogens is 5. The molecule has 4 aromatic rings. The van der Waals surface area contributed by atoms with Crippen LogP contribution in [0.3, 0.4) is 0 Å². The molecular weight excluding hydrogens is 372 g/mol. The summed E-state index contributed by atoms with van der Waals surface area (Å²) in [7, 11) is 1.64. The summed E-state index contributed by atoms with van der Waals surface area (Å²) in [5, 5.41) is 4.12. The van der Waals surface area contributed by atoms with Gasteiger partial charge in [0.1, 0.15) is 5.82 Å². The van der Waals surface area contributed by atoms with E-state index in [2.05, 4.69) is 15.1 Å². The normalized spacial score (nSPS) is 10.8. The molecule has 0 radical (unpaired) electrons. The molecule has 146 valence electrons. The van der Waals surface area contributed by atoms with Crippen LogP contribution in [0.25, 0.3) is 5.78 Å². The quantitative estimate of drug-likeness (QED) is 0.486. The molecule has 4 rings (SSSR count). The Morgan fingerprint density at radius 3 is 2.69 bits per heavy atom. The molecule has 0 atom stereocenters. The second kappa shape index (κ2) is 7.55. The molecule has 0 aliphatic carbocycles. The smallest absolute Gasteiger partial charge is 0.359 e. The highest BCUT2D eigenvalue weighted by Crippen LogP contribution is 2.27. The van der Waals surface area contributed by atoms with Crippen molar-refractivity contribution in [3.05, 3.63) is 72.4 Å². The van der Waals surface area contributed by atoms with Gasteiger partial charge in [-0.2, -0.15) is 10.1 Å². The first-order valence-electron chi connectivity index (χ1n) is 8.98. The standard InChI is InChI=1S/C20H18N6O3/c1-3-29-19(28)17-15(13-24(2)23-17)18(27)26(14-7-5-4-6-8-14)16-9-11-25-12-10-21-20(25)22-16/h4-13H,3H2,1-2H3. The summed E-state index contributed by atoms with van der Waals surface area (Å²) in [6.45, 7) is 1.88. The van der Waals surface area contributed by atoms with Crippen LogP contribution in [-0.4, -0.2) is 42.6 Å². The number of carbonyl (C=O) groups is 2. The lowest BCUT2D eigenvalue weighted by atomic mass is 10.2. The lowest BCUT2D eigenvalue weighted by Crippen LogP contribution is -2.28. The molecule has 3 heterocycles. The zero-order valence-corrected chi connectivity index (χ0v) is 15.9. The van der Waals surface area contributed by atoms with Crippen LogP contribution in [0, 0.1) is 0 Å². The fraction of sp³-hybridized carbons (Fsp3) is 0.150. The van der Waals surface area contributed by atoms with Crippen LogP contribution in [0.15, 0.2) is 61.2 Å².